The van der Waals surface area contributed by atoms with Gasteiger partial charge in [0.2, 0.25) is 0 Å². The molecule has 0 bridgehead atoms. The highest BCUT2D eigenvalue weighted by Gasteiger charge is 2.51. The number of methoxy groups -OCH3 is 1. The van der Waals surface area contributed by atoms with E-state index in [-0.39, 0.29) is 17.4 Å². The standard InChI is InChI=1S/C35H40ClN5O4/c1-34(2,3)20-45-33(43)41-15-10-22(11-16-41)29-25-9-8-24(36)18-26(25)27(17-23-7-6-14-38-30(23)29)31(28-19-37-21-40(28)4)39-32(42)35(44-5)12-13-35/h6-9,14,17-19,21,31H,10-13,15-16,20H2,1-5H3,(H,39,42). The zero-order valence-corrected chi connectivity index (χ0v) is 27.3. The number of benzene rings is 1. The molecule has 2 amide bonds. The van der Waals surface area contributed by atoms with Crippen molar-refractivity contribution in [3.05, 3.63) is 87.7 Å². The number of ether oxygens (including phenoxy) is 2. The Morgan fingerprint density at radius 3 is 2.53 bits per heavy atom. The molecule has 3 aromatic rings. The van der Waals surface area contributed by atoms with Crippen LogP contribution in [0.5, 0.6) is 0 Å². The first-order valence-corrected chi connectivity index (χ1v) is 15.8. The Morgan fingerprint density at radius 2 is 1.89 bits per heavy atom. The van der Waals surface area contributed by atoms with Crippen LogP contribution in [-0.2, 0) is 21.3 Å². The van der Waals surface area contributed by atoms with Crippen LogP contribution in [0.1, 0.15) is 80.6 Å². The number of pyridine rings is 1. The summed E-state index contributed by atoms with van der Waals surface area (Å²) in [6, 6.07) is 9.34. The number of rotatable bonds is 6. The van der Waals surface area contributed by atoms with Crippen LogP contribution >= 0.6 is 11.6 Å². The molecule has 1 atom stereocenters. The van der Waals surface area contributed by atoms with Gasteiger partial charge in [0, 0.05) is 49.6 Å². The van der Waals surface area contributed by atoms with Gasteiger partial charge in [-0.15, -0.1) is 0 Å². The number of imidazole rings is 1. The molecule has 10 heteroatoms. The number of amides is 2. The van der Waals surface area contributed by atoms with Crippen LogP contribution in [0.3, 0.4) is 0 Å². The summed E-state index contributed by atoms with van der Waals surface area (Å²) in [7, 11) is 3.51. The number of hydrogen-bond donors (Lipinski definition) is 1. The molecule has 3 heterocycles. The van der Waals surface area contributed by atoms with Crippen molar-refractivity contribution in [1.82, 2.24) is 24.8 Å². The number of halogens is 1. The third-order valence-electron chi connectivity index (χ3n) is 8.80. The molecule has 45 heavy (non-hydrogen) atoms. The lowest BCUT2D eigenvalue weighted by atomic mass is 9.86. The minimum absolute atomic E-state index is 0.0976. The van der Waals surface area contributed by atoms with E-state index in [2.05, 4.69) is 22.4 Å². The van der Waals surface area contributed by atoms with E-state index >= 15 is 0 Å². The van der Waals surface area contributed by atoms with Crippen molar-refractivity contribution in [3.63, 3.8) is 0 Å². The highest BCUT2D eigenvalue weighted by molar-refractivity contribution is 6.31. The molecule has 9 nitrogen and oxygen atoms in total. The molecule has 1 aromatic carbocycles. The van der Waals surface area contributed by atoms with Crippen molar-refractivity contribution >= 4 is 40.8 Å². The van der Waals surface area contributed by atoms with Gasteiger partial charge in [-0.25, -0.2) is 9.78 Å². The molecule has 3 aliphatic rings. The SMILES string of the molecule is COC1(C(=O)NC(C2=Cc3cccnc3C(=C3CCN(C(=O)OCC(C)(C)C)CC3)c3ccc(Cl)cc32)c2cncn2C)CC1. The second kappa shape index (κ2) is 12.1. The summed E-state index contributed by atoms with van der Waals surface area (Å²) < 4.78 is 13.2. The molecule has 2 aliphatic carbocycles. The maximum atomic E-state index is 13.6. The monoisotopic (exact) mass is 629 g/mol. The van der Waals surface area contributed by atoms with E-state index in [4.69, 9.17) is 26.1 Å². The summed E-state index contributed by atoms with van der Waals surface area (Å²) in [6.07, 6.45) is 9.89. The third kappa shape index (κ3) is 6.29. The van der Waals surface area contributed by atoms with Crippen molar-refractivity contribution in [1.29, 1.82) is 0 Å². The summed E-state index contributed by atoms with van der Waals surface area (Å²) in [5.41, 5.74) is 6.74. The van der Waals surface area contributed by atoms with Crippen LogP contribution in [0, 0.1) is 5.41 Å². The van der Waals surface area contributed by atoms with Gasteiger partial charge in [0.05, 0.1) is 36.6 Å². The van der Waals surface area contributed by atoms with Crippen LogP contribution in [0.2, 0.25) is 5.02 Å². The van der Waals surface area contributed by atoms with Gasteiger partial charge < -0.3 is 24.3 Å². The first kappa shape index (κ1) is 31.0. The summed E-state index contributed by atoms with van der Waals surface area (Å²) in [4.78, 5) is 37.6. The van der Waals surface area contributed by atoms with E-state index in [1.165, 1.54) is 5.57 Å². The van der Waals surface area contributed by atoms with Crippen molar-refractivity contribution in [3.8, 4) is 0 Å². The zero-order chi connectivity index (χ0) is 31.9. The molecule has 236 valence electrons. The third-order valence-corrected chi connectivity index (χ3v) is 9.04. The smallest absolute Gasteiger partial charge is 0.409 e. The number of piperidine rings is 1. The Labute approximate surface area is 269 Å². The molecule has 2 fully saturated rings. The lowest BCUT2D eigenvalue weighted by Crippen LogP contribution is -2.40. The van der Waals surface area contributed by atoms with E-state index in [0.717, 1.165) is 39.2 Å². The van der Waals surface area contributed by atoms with Gasteiger partial charge in [0.15, 0.2) is 0 Å². The lowest BCUT2D eigenvalue weighted by molar-refractivity contribution is -0.134. The fourth-order valence-corrected chi connectivity index (χ4v) is 6.29. The van der Waals surface area contributed by atoms with E-state index in [0.29, 0.717) is 50.4 Å². The fraction of sp³-hybridized carbons (Fsp3) is 0.429. The van der Waals surface area contributed by atoms with Gasteiger partial charge in [-0.1, -0.05) is 50.1 Å². The molecule has 0 radical (unpaired) electrons. The number of carbonyl (C=O) groups is 2. The normalized spacial score (nSPS) is 17.9. The summed E-state index contributed by atoms with van der Waals surface area (Å²) in [5, 5.41) is 3.89. The van der Waals surface area contributed by atoms with Crippen molar-refractivity contribution < 1.29 is 19.1 Å². The second-order valence-corrected chi connectivity index (χ2v) is 13.8. The molecular weight excluding hydrogens is 590 g/mol. The predicted molar refractivity (Wildman–Crippen MR) is 174 cm³/mol. The van der Waals surface area contributed by atoms with Crippen molar-refractivity contribution in [2.24, 2.45) is 12.5 Å². The quantitative estimate of drug-likeness (QED) is 0.337. The minimum Gasteiger partial charge on any atom is -0.449 e. The van der Waals surface area contributed by atoms with E-state index in [1.807, 2.05) is 62.8 Å². The Balaban J connectivity index is 1.43. The number of fused-ring (bicyclic) bond motifs is 2. The first-order valence-electron chi connectivity index (χ1n) is 15.4. The average molecular weight is 630 g/mol. The Bertz CT molecular complexity index is 1690. The molecule has 6 rings (SSSR count). The van der Waals surface area contributed by atoms with E-state index in [9.17, 15) is 9.59 Å². The molecule has 1 saturated carbocycles. The van der Waals surface area contributed by atoms with Gasteiger partial charge in [0.25, 0.3) is 5.91 Å². The molecule has 0 spiro atoms. The molecular formula is C35H40ClN5O4. The summed E-state index contributed by atoms with van der Waals surface area (Å²) in [6.45, 7) is 7.63. The van der Waals surface area contributed by atoms with Gasteiger partial charge in [-0.3, -0.25) is 9.78 Å². The molecule has 1 saturated heterocycles. The first-order chi connectivity index (χ1) is 21.5. The number of nitrogens with one attached hydrogen (secondary N) is 1. The van der Waals surface area contributed by atoms with Gasteiger partial charge in [0.1, 0.15) is 5.60 Å². The minimum atomic E-state index is -0.812. The van der Waals surface area contributed by atoms with Crippen LogP contribution in [0.4, 0.5) is 4.79 Å². The van der Waals surface area contributed by atoms with Crippen LogP contribution < -0.4 is 5.32 Å². The predicted octanol–water partition coefficient (Wildman–Crippen LogP) is 6.44. The van der Waals surface area contributed by atoms with Crippen molar-refractivity contribution in [2.75, 3.05) is 26.8 Å². The zero-order valence-electron chi connectivity index (χ0n) is 26.5. The molecule has 2 aromatic heterocycles. The van der Waals surface area contributed by atoms with E-state index < -0.39 is 11.6 Å². The van der Waals surface area contributed by atoms with Gasteiger partial charge >= 0.3 is 6.09 Å². The summed E-state index contributed by atoms with van der Waals surface area (Å²) in [5.74, 6) is -0.152. The Kier molecular flexibility index (Phi) is 8.35. The number of hydrogen-bond acceptors (Lipinski definition) is 6. The Hall–Kier alpha value is -3.95. The van der Waals surface area contributed by atoms with Gasteiger partial charge in [-0.2, -0.15) is 0 Å². The number of carbonyl (C=O) groups excluding carboxylic acids is 2. The average Bonchev–Trinajstić information content (AvgIpc) is 3.74. The highest BCUT2D eigenvalue weighted by Crippen LogP contribution is 2.46. The summed E-state index contributed by atoms with van der Waals surface area (Å²) >= 11 is 6.69. The number of aryl methyl sites for hydroxylation is 1. The van der Waals surface area contributed by atoms with Crippen LogP contribution in [-0.4, -0.2) is 63.8 Å². The fourth-order valence-electron chi connectivity index (χ4n) is 6.12. The highest BCUT2D eigenvalue weighted by atomic mass is 35.5. The molecule has 1 unspecified atom stereocenters. The van der Waals surface area contributed by atoms with Crippen LogP contribution in [0.25, 0.3) is 17.2 Å². The second-order valence-electron chi connectivity index (χ2n) is 13.3. The van der Waals surface area contributed by atoms with Crippen molar-refractivity contribution in [2.45, 2.75) is 58.1 Å². The topological polar surface area (TPSA) is 98.6 Å². The number of nitrogens with zero attached hydrogens (tertiary/aromatic N) is 4. The van der Waals surface area contributed by atoms with E-state index in [1.54, 1.807) is 24.5 Å². The maximum Gasteiger partial charge on any atom is 0.409 e. The Morgan fingerprint density at radius 1 is 1.13 bits per heavy atom. The number of likely N-dealkylation sites (tertiary alicyclic amines) is 1. The molecule has 1 aliphatic heterocycles. The lowest BCUT2D eigenvalue weighted by Gasteiger charge is -2.31. The number of aromatic nitrogens is 3. The van der Waals surface area contributed by atoms with Gasteiger partial charge in [-0.05, 0) is 72.1 Å². The molecule has 1 N–H and O–H groups in total. The van der Waals surface area contributed by atoms with Crippen LogP contribution in [0.15, 0.2) is 54.6 Å². The maximum absolute atomic E-state index is 13.6. The largest absolute Gasteiger partial charge is 0.449 e.